The SMILES string of the molecule is Fc1ccc(CNc2ncnc3c(F)cc(F)cc23)c(F)c1. The van der Waals surface area contributed by atoms with E-state index in [0.29, 0.717) is 0 Å². The fraction of sp³-hybridized carbons (Fsp3) is 0.0667. The summed E-state index contributed by atoms with van der Waals surface area (Å²) in [5.41, 5.74) is 0.156. The Hall–Kier alpha value is -2.70. The number of hydrogen-bond donors (Lipinski definition) is 1. The van der Waals surface area contributed by atoms with Crippen molar-refractivity contribution >= 4 is 16.7 Å². The second kappa shape index (κ2) is 5.59. The standard InChI is InChI=1S/C15H9F4N3/c16-9-2-1-8(12(18)4-9)6-20-15-11-3-10(17)5-13(19)14(11)21-7-22-15/h1-5,7H,6H2,(H,20,21,22). The number of anilines is 1. The fourth-order valence-electron chi connectivity index (χ4n) is 2.08. The van der Waals surface area contributed by atoms with Crippen molar-refractivity contribution in [1.29, 1.82) is 0 Å². The van der Waals surface area contributed by atoms with Gasteiger partial charge in [0.15, 0.2) is 5.82 Å². The van der Waals surface area contributed by atoms with Crippen molar-refractivity contribution in [3.63, 3.8) is 0 Å². The van der Waals surface area contributed by atoms with Crippen LogP contribution in [0.3, 0.4) is 0 Å². The Morgan fingerprint density at radius 2 is 1.64 bits per heavy atom. The summed E-state index contributed by atoms with van der Waals surface area (Å²) in [6.07, 6.45) is 1.12. The van der Waals surface area contributed by atoms with E-state index in [1.54, 1.807) is 0 Å². The molecule has 0 aliphatic rings. The molecule has 0 atom stereocenters. The zero-order chi connectivity index (χ0) is 15.7. The minimum atomic E-state index is -0.812. The monoisotopic (exact) mass is 307 g/mol. The first kappa shape index (κ1) is 14.2. The molecule has 22 heavy (non-hydrogen) atoms. The number of nitrogens with zero attached hydrogens (tertiary/aromatic N) is 2. The first-order valence-corrected chi connectivity index (χ1v) is 6.32. The van der Waals surface area contributed by atoms with Gasteiger partial charge in [0.2, 0.25) is 0 Å². The van der Waals surface area contributed by atoms with E-state index >= 15 is 0 Å². The summed E-state index contributed by atoms with van der Waals surface area (Å²) in [6.45, 7) is -0.0175. The van der Waals surface area contributed by atoms with E-state index in [9.17, 15) is 17.6 Å². The molecule has 0 spiro atoms. The first-order valence-electron chi connectivity index (χ1n) is 6.32. The quantitative estimate of drug-likeness (QED) is 0.748. The lowest BCUT2D eigenvalue weighted by atomic mass is 10.2. The molecule has 3 aromatic rings. The van der Waals surface area contributed by atoms with Crippen molar-refractivity contribution in [1.82, 2.24) is 9.97 Å². The third-order valence-corrected chi connectivity index (χ3v) is 3.12. The van der Waals surface area contributed by atoms with E-state index < -0.39 is 23.3 Å². The molecule has 3 nitrogen and oxygen atoms in total. The minimum Gasteiger partial charge on any atom is -0.365 e. The van der Waals surface area contributed by atoms with Crippen LogP contribution in [0.4, 0.5) is 23.4 Å². The molecular weight excluding hydrogens is 298 g/mol. The summed E-state index contributed by atoms with van der Waals surface area (Å²) in [7, 11) is 0. The normalized spacial score (nSPS) is 10.9. The number of benzene rings is 2. The molecule has 0 fully saturated rings. The molecule has 1 heterocycles. The smallest absolute Gasteiger partial charge is 0.152 e. The van der Waals surface area contributed by atoms with Crippen LogP contribution in [0, 0.1) is 23.3 Å². The van der Waals surface area contributed by atoms with Crippen LogP contribution in [0.5, 0.6) is 0 Å². The number of rotatable bonds is 3. The lowest BCUT2D eigenvalue weighted by Gasteiger charge is -2.09. The maximum atomic E-state index is 13.6. The van der Waals surface area contributed by atoms with Gasteiger partial charge in [0.05, 0.1) is 0 Å². The van der Waals surface area contributed by atoms with E-state index in [1.165, 1.54) is 6.07 Å². The van der Waals surface area contributed by atoms with E-state index in [2.05, 4.69) is 15.3 Å². The summed E-state index contributed by atoms with van der Waals surface area (Å²) >= 11 is 0. The van der Waals surface area contributed by atoms with Crippen molar-refractivity contribution in [2.75, 3.05) is 5.32 Å². The van der Waals surface area contributed by atoms with Gasteiger partial charge < -0.3 is 5.32 Å². The van der Waals surface area contributed by atoms with Gasteiger partial charge in [-0.1, -0.05) is 6.07 Å². The van der Waals surface area contributed by atoms with E-state index in [0.717, 1.165) is 30.6 Å². The van der Waals surface area contributed by atoms with Crippen LogP contribution in [0.2, 0.25) is 0 Å². The van der Waals surface area contributed by atoms with Gasteiger partial charge in [0.25, 0.3) is 0 Å². The van der Waals surface area contributed by atoms with Crippen LogP contribution >= 0.6 is 0 Å². The molecular formula is C15H9F4N3. The lowest BCUT2D eigenvalue weighted by molar-refractivity contribution is 0.574. The Balaban J connectivity index is 1.94. The number of halogens is 4. The Kier molecular flexibility index (Phi) is 3.62. The topological polar surface area (TPSA) is 37.8 Å². The van der Waals surface area contributed by atoms with E-state index in [1.807, 2.05) is 0 Å². The van der Waals surface area contributed by atoms with Gasteiger partial charge in [-0.05, 0) is 12.1 Å². The molecule has 0 unspecified atom stereocenters. The van der Waals surface area contributed by atoms with Crippen molar-refractivity contribution in [2.45, 2.75) is 6.54 Å². The highest BCUT2D eigenvalue weighted by Gasteiger charge is 2.11. The molecule has 0 saturated carbocycles. The molecule has 0 radical (unpaired) electrons. The molecule has 0 aliphatic heterocycles. The van der Waals surface area contributed by atoms with Crippen molar-refractivity contribution in [3.8, 4) is 0 Å². The highest BCUT2D eigenvalue weighted by molar-refractivity contribution is 5.89. The molecule has 0 aliphatic carbocycles. The molecule has 7 heteroatoms. The zero-order valence-corrected chi connectivity index (χ0v) is 11.1. The first-order chi connectivity index (χ1) is 10.5. The second-order valence-corrected chi connectivity index (χ2v) is 4.60. The molecule has 2 aromatic carbocycles. The average Bonchev–Trinajstić information content (AvgIpc) is 2.46. The Morgan fingerprint density at radius 3 is 2.41 bits per heavy atom. The Morgan fingerprint density at radius 1 is 0.864 bits per heavy atom. The largest absolute Gasteiger partial charge is 0.365 e. The highest BCUT2D eigenvalue weighted by atomic mass is 19.1. The summed E-state index contributed by atoms with van der Waals surface area (Å²) in [5, 5.41) is 2.91. The molecule has 0 bridgehead atoms. The fourth-order valence-corrected chi connectivity index (χ4v) is 2.08. The van der Waals surface area contributed by atoms with Gasteiger partial charge in [-0.25, -0.2) is 27.5 Å². The van der Waals surface area contributed by atoms with E-state index in [4.69, 9.17) is 0 Å². The maximum Gasteiger partial charge on any atom is 0.152 e. The van der Waals surface area contributed by atoms with Crippen LogP contribution in [0.1, 0.15) is 5.56 Å². The van der Waals surface area contributed by atoms with Gasteiger partial charge >= 0.3 is 0 Å². The maximum absolute atomic E-state index is 13.6. The van der Waals surface area contributed by atoms with Gasteiger partial charge in [-0.15, -0.1) is 0 Å². The van der Waals surface area contributed by atoms with Crippen molar-refractivity contribution < 1.29 is 17.6 Å². The van der Waals surface area contributed by atoms with Gasteiger partial charge in [0, 0.05) is 29.6 Å². The summed E-state index contributed by atoms with van der Waals surface area (Å²) in [5.74, 6) is -2.82. The van der Waals surface area contributed by atoms with Crippen LogP contribution in [0.15, 0.2) is 36.7 Å². The third kappa shape index (κ3) is 2.69. The predicted octanol–water partition coefficient (Wildman–Crippen LogP) is 3.80. The molecule has 1 N–H and O–H groups in total. The molecule has 0 amide bonds. The average molecular weight is 307 g/mol. The number of hydrogen-bond acceptors (Lipinski definition) is 3. The predicted molar refractivity (Wildman–Crippen MR) is 73.1 cm³/mol. The van der Waals surface area contributed by atoms with Crippen LogP contribution in [-0.4, -0.2) is 9.97 Å². The van der Waals surface area contributed by atoms with Crippen LogP contribution in [0.25, 0.3) is 10.9 Å². The summed E-state index contributed by atoms with van der Waals surface area (Å²) < 4.78 is 53.4. The summed E-state index contributed by atoms with van der Waals surface area (Å²) in [6, 6.07) is 4.97. The number of nitrogens with one attached hydrogen (secondary N) is 1. The van der Waals surface area contributed by atoms with Crippen molar-refractivity contribution in [2.24, 2.45) is 0 Å². The molecule has 0 saturated heterocycles. The van der Waals surface area contributed by atoms with Gasteiger partial charge in [0.1, 0.15) is 35.1 Å². The molecule has 1 aromatic heterocycles. The van der Waals surface area contributed by atoms with Crippen LogP contribution in [-0.2, 0) is 6.54 Å². The highest BCUT2D eigenvalue weighted by Crippen LogP contribution is 2.23. The van der Waals surface area contributed by atoms with Crippen LogP contribution < -0.4 is 5.32 Å². The number of aromatic nitrogens is 2. The van der Waals surface area contributed by atoms with Gasteiger partial charge in [-0.2, -0.15) is 0 Å². The second-order valence-electron chi connectivity index (χ2n) is 4.60. The Labute approximate surface area is 122 Å². The minimum absolute atomic E-state index is 0.0175. The Bertz CT molecular complexity index is 852. The van der Waals surface area contributed by atoms with Gasteiger partial charge in [-0.3, -0.25) is 0 Å². The summed E-state index contributed by atoms with van der Waals surface area (Å²) in [4.78, 5) is 7.65. The molecule has 3 rings (SSSR count). The zero-order valence-electron chi connectivity index (χ0n) is 11.1. The van der Waals surface area contributed by atoms with Crippen molar-refractivity contribution in [3.05, 3.63) is 65.5 Å². The van der Waals surface area contributed by atoms with E-state index in [-0.39, 0.29) is 28.8 Å². The molecule has 112 valence electrons. The number of fused-ring (bicyclic) bond motifs is 1. The third-order valence-electron chi connectivity index (χ3n) is 3.12. The lowest BCUT2D eigenvalue weighted by Crippen LogP contribution is -2.05.